The van der Waals surface area contributed by atoms with Crippen LogP contribution in [-0.4, -0.2) is 26.7 Å². The van der Waals surface area contributed by atoms with Crippen LogP contribution in [0.3, 0.4) is 0 Å². The third-order valence-corrected chi connectivity index (χ3v) is 6.53. The molecule has 0 N–H and O–H groups in total. The fourth-order valence-corrected chi connectivity index (χ4v) is 5.48. The van der Waals surface area contributed by atoms with Gasteiger partial charge in [-0.2, -0.15) is 11.8 Å². The second kappa shape index (κ2) is 7.19. The van der Waals surface area contributed by atoms with Crippen LogP contribution in [0.15, 0.2) is 6.07 Å². The van der Waals surface area contributed by atoms with Crippen LogP contribution in [0, 0.1) is 5.92 Å². The monoisotopic (exact) mass is 316 g/mol. The maximum absolute atomic E-state index is 6.18. The van der Waals surface area contributed by atoms with E-state index in [1.54, 1.807) is 0 Å². The molecule has 1 aliphatic heterocycles. The smallest absolute Gasteiger partial charge is 0.144 e. The van der Waals surface area contributed by atoms with Crippen molar-refractivity contribution < 1.29 is 0 Å². The zero-order valence-electron chi connectivity index (χ0n) is 11.7. The Labute approximate surface area is 129 Å². The van der Waals surface area contributed by atoms with Gasteiger partial charge in [0.15, 0.2) is 0 Å². The maximum atomic E-state index is 6.18. The highest BCUT2D eigenvalue weighted by Crippen LogP contribution is 2.43. The van der Waals surface area contributed by atoms with Gasteiger partial charge < -0.3 is 0 Å². The van der Waals surface area contributed by atoms with Crippen LogP contribution in [0.5, 0.6) is 0 Å². The van der Waals surface area contributed by atoms with Gasteiger partial charge in [0.1, 0.15) is 11.0 Å². The molecule has 1 saturated heterocycles. The number of aromatic nitrogens is 2. The molecule has 106 valence electrons. The fourth-order valence-electron chi connectivity index (χ4n) is 2.28. The molecule has 5 heteroatoms. The van der Waals surface area contributed by atoms with Crippen molar-refractivity contribution >= 4 is 35.1 Å². The predicted molar refractivity (Wildman–Crippen MR) is 87.3 cm³/mol. The highest BCUT2D eigenvalue weighted by Gasteiger charge is 2.29. The fraction of sp³-hybridized carbons (Fsp3) is 0.714. The molecular weight excluding hydrogens is 296 g/mol. The third kappa shape index (κ3) is 4.27. The highest BCUT2D eigenvalue weighted by atomic mass is 35.5. The Balaban J connectivity index is 2.24. The molecular formula is C14H21ClN2S2. The van der Waals surface area contributed by atoms with Crippen LogP contribution in [0.2, 0.25) is 5.15 Å². The summed E-state index contributed by atoms with van der Waals surface area (Å²) in [5.41, 5.74) is 1.08. The van der Waals surface area contributed by atoms with Crippen molar-refractivity contribution in [1.29, 1.82) is 0 Å². The Kier molecular flexibility index (Phi) is 5.85. The molecule has 2 atom stereocenters. The lowest BCUT2D eigenvalue weighted by molar-refractivity contribution is 0.627. The molecule has 0 aromatic carbocycles. The van der Waals surface area contributed by atoms with Crippen molar-refractivity contribution in [1.82, 2.24) is 9.97 Å². The normalized spacial score (nSPS) is 23.8. The molecule has 0 bridgehead atoms. The van der Waals surface area contributed by atoms with Gasteiger partial charge in [-0.25, -0.2) is 9.97 Å². The molecule has 2 rings (SSSR count). The summed E-state index contributed by atoms with van der Waals surface area (Å²) < 4.78 is 0. The molecule has 0 amide bonds. The molecule has 2 unspecified atom stereocenters. The second-order valence-corrected chi connectivity index (χ2v) is 8.23. The maximum Gasteiger partial charge on any atom is 0.144 e. The highest BCUT2D eigenvalue weighted by molar-refractivity contribution is 8.06. The summed E-state index contributed by atoms with van der Waals surface area (Å²) >= 11 is 10.2. The molecule has 1 fully saturated rings. The van der Waals surface area contributed by atoms with E-state index >= 15 is 0 Å². The molecule has 2 nitrogen and oxygen atoms in total. The van der Waals surface area contributed by atoms with Gasteiger partial charge in [0, 0.05) is 22.4 Å². The van der Waals surface area contributed by atoms with E-state index in [1.165, 1.54) is 11.5 Å². The van der Waals surface area contributed by atoms with Crippen LogP contribution < -0.4 is 0 Å². The van der Waals surface area contributed by atoms with Gasteiger partial charge in [-0.1, -0.05) is 32.4 Å². The molecule has 2 heterocycles. The van der Waals surface area contributed by atoms with Gasteiger partial charge in [0.05, 0.1) is 5.25 Å². The summed E-state index contributed by atoms with van der Waals surface area (Å²) in [5, 5.41) is 1.60. The molecule has 1 aromatic heterocycles. The zero-order chi connectivity index (χ0) is 13.8. The lowest BCUT2D eigenvalue weighted by Crippen LogP contribution is -2.21. The lowest BCUT2D eigenvalue weighted by atomic mass is 10.1. The number of rotatable bonds is 4. The van der Waals surface area contributed by atoms with Crippen LogP contribution in [0.1, 0.15) is 44.0 Å². The van der Waals surface area contributed by atoms with Crippen molar-refractivity contribution in [3.63, 3.8) is 0 Å². The van der Waals surface area contributed by atoms with Gasteiger partial charge >= 0.3 is 0 Å². The minimum absolute atomic E-state index is 0.397. The van der Waals surface area contributed by atoms with E-state index in [1.807, 2.05) is 29.6 Å². The minimum atomic E-state index is 0.397. The Bertz CT molecular complexity index is 426. The average molecular weight is 317 g/mol. The molecule has 0 saturated carbocycles. The Morgan fingerprint density at radius 3 is 2.74 bits per heavy atom. The number of hydrogen-bond acceptors (Lipinski definition) is 4. The number of hydrogen-bond donors (Lipinski definition) is 0. The summed E-state index contributed by atoms with van der Waals surface area (Å²) in [4.78, 5) is 9.25. The first-order chi connectivity index (χ1) is 9.10. The third-order valence-electron chi connectivity index (χ3n) is 3.09. The van der Waals surface area contributed by atoms with Gasteiger partial charge in [-0.05, 0) is 24.8 Å². The minimum Gasteiger partial charge on any atom is -0.237 e. The summed E-state index contributed by atoms with van der Waals surface area (Å²) in [6.07, 6.45) is 2.13. The first-order valence-corrected chi connectivity index (χ1v) is 9.34. The SMILES string of the molecule is CCC1SCCSC1c1nc(Cl)cc(CC(C)C)n1. The van der Waals surface area contributed by atoms with Gasteiger partial charge in [-0.3, -0.25) is 0 Å². The van der Waals surface area contributed by atoms with Crippen LogP contribution in [0.25, 0.3) is 0 Å². The Morgan fingerprint density at radius 1 is 1.32 bits per heavy atom. The van der Waals surface area contributed by atoms with E-state index in [0.29, 0.717) is 21.6 Å². The van der Waals surface area contributed by atoms with Crippen LogP contribution >= 0.6 is 35.1 Å². The molecule has 1 aliphatic rings. The second-order valence-electron chi connectivity index (χ2n) is 5.25. The molecule has 0 aliphatic carbocycles. The summed E-state index contributed by atoms with van der Waals surface area (Å²) in [7, 11) is 0. The molecule has 0 spiro atoms. The van der Waals surface area contributed by atoms with Gasteiger partial charge in [-0.15, -0.1) is 11.8 Å². The van der Waals surface area contributed by atoms with Crippen molar-refractivity contribution in [2.45, 2.75) is 44.1 Å². The summed E-state index contributed by atoms with van der Waals surface area (Å²) in [6, 6.07) is 1.91. The Hall–Kier alpha value is 0.0700. The van der Waals surface area contributed by atoms with E-state index in [2.05, 4.69) is 25.8 Å². The van der Waals surface area contributed by atoms with E-state index in [0.717, 1.165) is 24.4 Å². The largest absolute Gasteiger partial charge is 0.237 e. The number of thioether (sulfide) groups is 2. The van der Waals surface area contributed by atoms with Crippen LogP contribution in [-0.2, 0) is 6.42 Å². The van der Waals surface area contributed by atoms with E-state index < -0.39 is 0 Å². The van der Waals surface area contributed by atoms with Crippen molar-refractivity contribution in [2.24, 2.45) is 5.92 Å². The first kappa shape index (κ1) is 15.5. The molecule has 19 heavy (non-hydrogen) atoms. The van der Waals surface area contributed by atoms with E-state index in [4.69, 9.17) is 16.6 Å². The van der Waals surface area contributed by atoms with E-state index in [9.17, 15) is 0 Å². The molecule has 1 aromatic rings. The Morgan fingerprint density at radius 2 is 2.05 bits per heavy atom. The molecule has 0 radical (unpaired) electrons. The summed E-state index contributed by atoms with van der Waals surface area (Å²) in [6.45, 7) is 6.65. The van der Waals surface area contributed by atoms with Gasteiger partial charge in [0.2, 0.25) is 0 Å². The standard InChI is InChI=1S/C14H21ClN2S2/c1-4-11-13(19-6-5-18-11)14-16-10(7-9(2)3)8-12(15)17-14/h8-9,11,13H,4-7H2,1-3H3. The quantitative estimate of drug-likeness (QED) is 0.756. The average Bonchev–Trinajstić information content (AvgIpc) is 2.37. The van der Waals surface area contributed by atoms with Crippen LogP contribution in [0.4, 0.5) is 0 Å². The topological polar surface area (TPSA) is 25.8 Å². The zero-order valence-corrected chi connectivity index (χ0v) is 14.1. The van der Waals surface area contributed by atoms with Gasteiger partial charge in [0.25, 0.3) is 0 Å². The first-order valence-electron chi connectivity index (χ1n) is 6.86. The predicted octanol–water partition coefficient (Wildman–Crippen LogP) is 4.63. The van der Waals surface area contributed by atoms with Crippen molar-refractivity contribution in [2.75, 3.05) is 11.5 Å². The van der Waals surface area contributed by atoms with Crippen molar-refractivity contribution in [3.05, 3.63) is 22.7 Å². The number of halogens is 1. The summed E-state index contributed by atoms with van der Waals surface area (Å²) in [5.74, 6) is 3.95. The lowest BCUT2D eigenvalue weighted by Gasteiger charge is -2.29. The number of nitrogens with zero attached hydrogens (tertiary/aromatic N) is 2. The van der Waals surface area contributed by atoms with E-state index in [-0.39, 0.29) is 0 Å². The van der Waals surface area contributed by atoms with Crippen molar-refractivity contribution in [3.8, 4) is 0 Å².